The molecule has 0 bridgehead atoms. The smallest absolute Gasteiger partial charge is 0.118 e. The highest BCUT2D eigenvalue weighted by Crippen LogP contribution is 2.12. The molecule has 1 atom stereocenters. The lowest BCUT2D eigenvalue weighted by molar-refractivity contribution is 0.414. The summed E-state index contributed by atoms with van der Waals surface area (Å²) in [5.41, 5.74) is 1.37. The summed E-state index contributed by atoms with van der Waals surface area (Å²) in [7, 11) is 1.71. The number of hydrogen-bond donors (Lipinski definition) is 1. The van der Waals surface area contributed by atoms with Gasteiger partial charge in [0.1, 0.15) is 5.75 Å². The lowest BCUT2D eigenvalue weighted by Gasteiger charge is -2.17. The first kappa shape index (κ1) is 16.0. The first-order valence-corrected chi connectivity index (χ1v) is 7.66. The Morgan fingerprint density at radius 3 is 2.37 bits per heavy atom. The van der Waals surface area contributed by atoms with Crippen molar-refractivity contribution in [3.05, 3.63) is 29.8 Å². The SMILES string of the molecule is CCCCC(CCC)NCCc1ccc(OC)cc1. The zero-order valence-electron chi connectivity index (χ0n) is 12.7. The van der Waals surface area contributed by atoms with Gasteiger partial charge in [-0.3, -0.25) is 0 Å². The molecule has 1 unspecified atom stereocenters. The Morgan fingerprint density at radius 2 is 1.79 bits per heavy atom. The molecule has 1 aromatic rings. The minimum absolute atomic E-state index is 0.697. The van der Waals surface area contributed by atoms with Gasteiger partial charge in [-0.25, -0.2) is 0 Å². The second-order valence-electron chi connectivity index (χ2n) is 5.18. The van der Waals surface area contributed by atoms with E-state index < -0.39 is 0 Å². The summed E-state index contributed by atoms with van der Waals surface area (Å²) in [6.45, 7) is 5.60. The van der Waals surface area contributed by atoms with Crippen molar-refractivity contribution >= 4 is 0 Å². The number of rotatable bonds is 10. The van der Waals surface area contributed by atoms with Gasteiger partial charge in [-0.2, -0.15) is 0 Å². The highest BCUT2D eigenvalue weighted by molar-refractivity contribution is 5.27. The van der Waals surface area contributed by atoms with Gasteiger partial charge < -0.3 is 10.1 Å². The van der Waals surface area contributed by atoms with Gasteiger partial charge in [0.25, 0.3) is 0 Å². The van der Waals surface area contributed by atoms with E-state index in [0.29, 0.717) is 6.04 Å². The average Bonchev–Trinajstić information content (AvgIpc) is 2.45. The van der Waals surface area contributed by atoms with Gasteiger partial charge in [0.15, 0.2) is 0 Å². The van der Waals surface area contributed by atoms with Gasteiger partial charge in [-0.05, 0) is 43.5 Å². The van der Waals surface area contributed by atoms with Crippen molar-refractivity contribution in [1.29, 1.82) is 0 Å². The van der Waals surface area contributed by atoms with Gasteiger partial charge in [-0.15, -0.1) is 0 Å². The largest absolute Gasteiger partial charge is 0.497 e. The number of methoxy groups -OCH3 is 1. The Bertz CT molecular complexity index is 321. The number of ether oxygens (including phenoxy) is 1. The van der Waals surface area contributed by atoms with E-state index in [1.54, 1.807) is 7.11 Å². The van der Waals surface area contributed by atoms with Crippen molar-refractivity contribution in [1.82, 2.24) is 5.32 Å². The Balaban J connectivity index is 2.29. The second kappa shape index (κ2) is 9.85. The van der Waals surface area contributed by atoms with Crippen LogP contribution in [-0.2, 0) is 6.42 Å². The molecule has 0 aliphatic carbocycles. The van der Waals surface area contributed by atoms with E-state index in [0.717, 1.165) is 18.7 Å². The molecular formula is C17H29NO. The predicted molar refractivity (Wildman–Crippen MR) is 82.9 cm³/mol. The highest BCUT2D eigenvalue weighted by atomic mass is 16.5. The fourth-order valence-electron chi connectivity index (χ4n) is 2.36. The van der Waals surface area contributed by atoms with Crippen LogP contribution in [0.4, 0.5) is 0 Å². The fourth-order valence-corrected chi connectivity index (χ4v) is 2.36. The monoisotopic (exact) mass is 263 g/mol. The van der Waals surface area contributed by atoms with E-state index in [1.807, 2.05) is 12.1 Å². The van der Waals surface area contributed by atoms with E-state index in [1.165, 1.54) is 37.7 Å². The van der Waals surface area contributed by atoms with Gasteiger partial charge >= 0.3 is 0 Å². The quantitative estimate of drug-likeness (QED) is 0.683. The van der Waals surface area contributed by atoms with Crippen LogP contribution in [0.1, 0.15) is 51.5 Å². The van der Waals surface area contributed by atoms with E-state index in [9.17, 15) is 0 Å². The van der Waals surface area contributed by atoms with E-state index in [4.69, 9.17) is 4.74 Å². The minimum Gasteiger partial charge on any atom is -0.497 e. The van der Waals surface area contributed by atoms with Crippen molar-refractivity contribution in [2.75, 3.05) is 13.7 Å². The van der Waals surface area contributed by atoms with Crippen LogP contribution in [0, 0.1) is 0 Å². The average molecular weight is 263 g/mol. The van der Waals surface area contributed by atoms with Gasteiger partial charge in [0.05, 0.1) is 7.11 Å². The molecule has 0 fully saturated rings. The lowest BCUT2D eigenvalue weighted by Crippen LogP contribution is -2.30. The molecule has 0 aliphatic rings. The first-order valence-electron chi connectivity index (χ1n) is 7.66. The van der Waals surface area contributed by atoms with Crippen LogP contribution in [0.3, 0.4) is 0 Å². The summed E-state index contributed by atoms with van der Waals surface area (Å²) in [4.78, 5) is 0. The molecule has 0 aromatic heterocycles. The zero-order chi connectivity index (χ0) is 13.9. The van der Waals surface area contributed by atoms with Crippen LogP contribution in [-0.4, -0.2) is 19.7 Å². The molecule has 2 heteroatoms. The number of unbranched alkanes of at least 4 members (excludes halogenated alkanes) is 1. The van der Waals surface area contributed by atoms with E-state index in [-0.39, 0.29) is 0 Å². The van der Waals surface area contributed by atoms with Gasteiger partial charge in [0.2, 0.25) is 0 Å². The van der Waals surface area contributed by atoms with Crippen LogP contribution >= 0.6 is 0 Å². The number of nitrogens with one attached hydrogen (secondary N) is 1. The van der Waals surface area contributed by atoms with Gasteiger partial charge in [-0.1, -0.05) is 45.2 Å². The first-order chi connectivity index (χ1) is 9.30. The molecular weight excluding hydrogens is 234 g/mol. The molecule has 2 nitrogen and oxygen atoms in total. The zero-order valence-corrected chi connectivity index (χ0v) is 12.7. The van der Waals surface area contributed by atoms with Crippen LogP contribution in [0.15, 0.2) is 24.3 Å². The molecule has 0 saturated heterocycles. The lowest BCUT2D eigenvalue weighted by atomic mass is 10.0. The molecule has 0 aliphatic heterocycles. The molecule has 0 spiro atoms. The van der Waals surface area contributed by atoms with E-state index >= 15 is 0 Å². The van der Waals surface area contributed by atoms with E-state index in [2.05, 4.69) is 31.3 Å². The topological polar surface area (TPSA) is 21.3 Å². The fraction of sp³-hybridized carbons (Fsp3) is 0.647. The summed E-state index contributed by atoms with van der Waals surface area (Å²) in [5.74, 6) is 0.934. The third-order valence-electron chi connectivity index (χ3n) is 3.55. The normalized spacial score (nSPS) is 12.4. The highest BCUT2D eigenvalue weighted by Gasteiger charge is 2.05. The van der Waals surface area contributed by atoms with Crippen LogP contribution in [0.25, 0.3) is 0 Å². The molecule has 1 aromatic carbocycles. The standard InChI is InChI=1S/C17H29NO/c1-4-6-8-16(7-5-2)18-14-13-15-9-11-17(19-3)12-10-15/h9-12,16,18H,4-8,13-14H2,1-3H3. The van der Waals surface area contributed by atoms with Crippen molar-refractivity contribution in [2.45, 2.75) is 58.4 Å². The Morgan fingerprint density at radius 1 is 1.05 bits per heavy atom. The molecule has 108 valence electrons. The summed E-state index contributed by atoms with van der Waals surface area (Å²) in [5, 5.41) is 3.70. The predicted octanol–water partition coefficient (Wildman–Crippen LogP) is 4.19. The van der Waals surface area contributed by atoms with Crippen molar-refractivity contribution < 1.29 is 4.74 Å². The van der Waals surface area contributed by atoms with Crippen LogP contribution < -0.4 is 10.1 Å². The second-order valence-corrected chi connectivity index (χ2v) is 5.18. The number of hydrogen-bond acceptors (Lipinski definition) is 2. The molecule has 1 rings (SSSR count). The summed E-state index contributed by atoms with van der Waals surface area (Å²) in [6.07, 6.45) is 7.59. The molecule has 19 heavy (non-hydrogen) atoms. The Kier molecular flexibility index (Phi) is 8.31. The molecule has 1 N–H and O–H groups in total. The van der Waals surface area contributed by atoms with Crippen molar-refractivity contribution in [3.8, 4) is 5.75 Å². The Hall–Kier alpha value is -1.02. The maximum Gasteiger partial charge on any atom is 0.118 e. The Labute approximate surface area is 118 Å². The third kappa shape index (κ3) is 6.63. The van der Waals surface area contributed by atoms with Crippen molar-refractivity contribution in [2.24, 2.45) is 0 Å². The summed E-state index contributed by atoms with van der Waals surface area (Å²) < 4.78 is 5.17. The van der Waals surface area contributed by atoms with Crippen molar-refractivity contribution in [3.63, 3.8) is 0 Å². The van der Waals surface area contributed by atoms with Crippen LogP contribution in [0.5, 0.6) is 5.75 Å². The minimum atomic E-state index is 0.697. The molecule has 0 heterocycles. The van der Waals surface area contributed by atoms with Crippen LogP contribution in [0.2, 0.25) is 0 Å². The third-order valence-corrected chi connectivity index (χ3v) is 3.55. The maximum absolute atomic E-state index is 5.17. The molecule has 0 saturated carbocycles. The number of benzene rings is 1. The van der Waals surface area contributed by atoms with Gasteiger partial charge in [0, 0.05) is 6.04 Å². The molecule has 0 amide bonds. The summed E-state index contributed by atoms with van der Waals surface area (Å²) in [6, 6.07) is 9.08. The summed E-state index contributed by atoms with van der Waals surface area (Å²) >= 11 is 0. The molecule has 0 radical (unpaired) electrons. The maximum atomic E-state index is 5.17.